The van der Waals surface area contributed by atoms with Gasteiger partial charge in [-0.05, 0) is 23.0 Å². The van der Waals surface area contributed by atoms with Crippen LogP contribution in [0.5, 0.6) is 0 Å². The number of aromatic nitrogens is 3. The Bertz CT molecular complexity index is 577. The summed E-state index contributed by atoms with van der Waals surface area (Å²) in [5, 5.41) is 0. The molecule has 2 aromatic heterocycles. The number of thiazole rings is 1. The van der Waals surface area contributed by atoms with E-state index < -0.39 is 0 Å². The summed E-state index contributed by atoms with van der Waals surface area (Å²) in [5.74, 6) is 1.20. The minimum atomic E-state index is 0.286. The van der Waals surface area contributed by atoms with Gasteiger partial charge in [0, 0.05) is 26.2 Å². The molecule has 8 heteroatoms. The maximum absolute atomic E-state index is 5.76. The largest absolute Gasteiger partial charge is 0.368 e. The minimum absolute atomic E-state index is 0.286. The van der Waals surface area contributed by atoms with Crippen LogP contribution in [0.1, 0.15) is 0 Å². The molecule has 1 fully saturated rings. The zero-order valence-corrected chi connectivity index (χ0v) is 12.3. The van der Waals surface area contributed by atoms with Crippen LogP contribution in [0.3, 0.4) is 0 Å². The lowest BCUT2D eigenvalue weighted by atomic mass is 10.3. The van der Waals surface area contributed by atoms with E-state index in [9.17, 15) is 0 Å². The molecule has 0 radical (unpaired) electrons. The van der Waals surface area contributed by atoms with E-state index >= 15 is 0 Å². The van der Waals surface area contributed by atoms with Gasteiger partial charge >= 0.3 is 0 Å². The first-order valence-electron chi connectivity index (χ1n) is 5.66. The molecule has 3 rings (SSSR count). The third-order valence-electron chi connectivity index (χ3n) is 3.03. The first kappa shape index (κ1) is 12.1. The van der Waals surface area contributed by atoms with Crippen LogP contribution < -0.4 is 10.6 Å². The van der Waals surface area contributed by atoms with Crippen molar-refractivity contribution in [3.05, 3.63) is 3.92 Å². The normalized spacial score (nSPS) is 17.6. The summed E-state index contributed by atoms with van der Waals surface area (Å²) in [7, 11) is 2.13. The number of nitrogen functional groups attached to an aromatic ring is 1. The van der Waals surface area contributed by atoms with Crippen molar-refractivity contribution in [3.8, 4) is 0 Å². The number of fused-ring (bicyclic) bond motifs is 1. The summed E-state index contributed by atoms with van der Waals surface area (Å²) in [6.07, 6.45) is 0. The molecular formula is C10H13BrN6S. The van der Waals surface area contributed by atoms with E-state index in [0.29, 0.717) is 5.65 Å². The standard InChI is InChI=1S/C10H13BrN6S/c1-16-2-4-17(5-3-16)8-6-7(13-9(11)18-6)14-10(12)15-8/h2-5H2,1H3,(H2,12,14,15). The van der Waals surface area contributed by atoms with E-state index in [2.05, 4.69) is 47.7 Å². The topological polar surface area (TPSA) is 71.2 Å². The lowest BCUT2D eigenvalue weighted by molar-refractivity contribution is 0.312. The Labute approximate surface area is 117 Å². The Balaban J connectivity index is 2.04. The number of anilines is 2. The maximum atomic E-state index is 5.76. The average molecular weight is 329 g/mol. The Morgan fingerprint density at radius 2 is 1.89 bits per heavy atom. The van der Waals surface area contributed by atoms with Crippen LogP contribution in [-0.2, 0) is 0 Å². The summed E-state index contributed by atoms with van der Waals surface area (Å²) >= 11 is 4.94. The van der Waals surface area contributed by atoms with Crippen molar-refractivity contribution in [2.75, 3.05) is 43.9 Å². The summed E-state index contributed by atoms with van der Waals surface area (Å²) in [5.41, 5.74) is 6.43. The highest BCUT2D eigenvalue weighted by atomic mass is 79.9. The number of rotatable bonds is 1. The highest BCUT2D eigenvalue weighted by Crippen LogP contribution is 2.32. The Morgan fingerprint density at radius 3 is 2.61 bits per heavy atom. The van der Waals surface area contributed by atoms with Crippen molar-refractivity contribution < 1.29 is 0 Å². The molecule has 0 aromatic carbocycles. The highest BCUT2D eigenvalue weighted by Gasteiger charge is 2.20. The van der Waals surface area contributed by atoms with Crippen molar-refractivity contribution in [2.24, 2.45) is 0 Å². The second-order valence-corrected chi connectivity index (χ2v) is 6.59. The van der Waals surface area contributed by atoms with E-state index in [1.807, 2.05) is 0 Å². The number of nitrogens with zero attached hydrogens (tertiary/aromatic N) is 5. The van der Waals surface area contributed by atoms with Crippen molar-refractivity contribution in [2.45, 2.75) is 0 Å². The van der Waals surface area contributed by atoms with Crippen LogP contribution >= 0.6 is 27.3 Å². The Hall–Kier alpha value is -0.990. The van der Waals surface area contributed by atoms with Crippen molar-refractivity contribution in [1.82, 2.24) is 19.9 Å². The summed E-state index contributed by atoms with van der Waals surface area (Å²) in [6, 6.07) is 0. The fourth-order valence-electron chi connectivity index (χ4n) is 2.03. The van der Waals surface area contributed by atoms with Gasteiger partial charge in [-0.25, -0.2) is 4.98 Å². The SMILES string of the molecule is CN1CCN(c2nc(N)nc3nc(Br)sc23)CC1. The van der Waals surface area contributed by atoms with Gasteiger partial charge in [0.1, 0.15) is 4.70 Å². The first-order chi connectivity index (χ1) is 8.63. The van der Waals surface area contributed by atoms with Gasteiger partial charge in [0.05, 0.1) is 0 Å². The van der Waals surface area contributed by atoms with E-state index in [0.717, 1.165) is 40.6 Å². The molecule has 6 nitrogen and oxygen atoms in total. The predicted octanol–water partition coefficient (Wildman–Crippen LogP) is 1.18. The van der Waals surface area contributed by atoms with E-state index in [1.54, 1.807) is 11.3 Å². The third-order valence-corrected chi connectivity index (χ3v) is 4.52. The molecule has 96 valence electrons. The number of likely N-dealkylation sites (N-methyl/N-ethyl adjacent to an activating group) is 1. The van der Waals surface area contributed by atoms with Gasteiger partial charge in [0.25, 0.3) is 0 Å². The number of piperazine rings is 1. The Kier molecular flexibility index (Phi) is 3.08. The summed E-state index contributed by atoms with van der Waals surface area (Å²) in [4.78, 5) is 17.4. The quantitative estimate of drug-likeness (QED) is 0.847. The number of nitrogens with two attached hydrogens (primary N) is 1. The lowest BCUT2D eigenvalue weighted by Gasteiger charge is -2.33. The maximum Gasteiger partial charge on any atom is 0.224 e. The monoisotopic (exact) mass is 328 g/mol. The van der Waals surface area contributed by atoms with Gasteiger partial charge in [0.2, 0.25) is 5.95 Å². The third kappa shape index (κ3) is 2.15. The molecule has 0 atom stereocenters. The van der Waals surface area contributed by atoms with Crippen molar-refractivity contribution in [1.29, 1.82) is 0 Å². The van der Waals surface area contributed by atoms with Crippen LogP contribution in [0.25, 0.3) is 10.3 Å². The zero-order valence-electron chi connectivity index (χ0n) is 9.93. The van der Waals surface area contributed by atoms with E-state index in [-0.39, 0.29) is 5.95 Å². The van der Waals surface area contributed by atoms with Crippen LogP contribution in [0.15, 0.2) is 3.92 Å². The van der Waals surface area contributed by atoms with E-state index in [4.69, 9.17) is 5.73 Å². The molecule has 0 amide bonds. The molecule has 0 spiro atoms. The number of hydrogen-bond donors (Lipinski definition) is 1. The molecule has 2 N–H and O–H groups in total. The number of halogens is 1. The van der Waals surface area contributed by atoms with Gasteiger partial charge in [-0.1, -0.05) is 0 Å². The summed E-state index contributed by atoms with van der Waals surface area (Å²) < 4.78 is 1.81. The van der Waals surface area contributed by atoms with Gasteiger partial charge in [-0.3, -0.25) is 0 Å². The molecule has 0 saturated carbocycles. The molecule has 1 saturated heterocycles. The average Bonchev–Trinajstić information content (AvgIpc) is 2.69. The minimum Gasteiger partial charge on any atom is -0.368 e. The highest BCUT2D eigenvalue weighted by molar-refractivity contribution is 9.11. The van der Waals surface area contributed by atoms with Gasteiger partial charge in [-0.15, -0.1) is 11.3 Å². The molecule has 1 aliphatic rings. The predicted molar refractivity (Wildman–Crippen MR) is 77.0 cm³/mol. The summed E-state index contributed by atoms with van der Waals surface area (Å²) in [6.45, 7) is 3.98. The smallest absolute Gasteiger partial charge is 0.224 e. The first-order valence-corrected chi connectivity index (χ1v) is 7.27. The molecule has 2 aromatic rings. The molecule has 0 aliphatic carbocycles. The van der Waals surface area contributed by atoms with E-state index in [1.165, 1.54) is 0 Å². The van der Waals surface area contributed by atoms with Crippen molar-refractivity contribution >= 4 is 49.4 Å². The second kappa shape index (κ2) is 4.60. The fourth-order valence-corrected chi connectivity index (χ4v) is 3.44. The van der Waals surface area contributed by atoms with Gasteiger partial charge in [-0.2, -0.15) is 9.97 Å². The van der Waals surface area contributed by atoms with Crippen LogP contribution in [0.4, 0.5) is 11.8 Å². The molecule has 0 unspecified atom stereocenters. The van der Waals surface area contributed by atoms with Crippen LogP contribution in [0, 0.1) is 0 Å². The molecule has 3 heterocycles. The molecular weight excluding hydrogens is 316 g/mol. The Morgan fingerprint density at radius 1 is 1.17 bits per heavy atom. The lowest BCUT2D eigenvalue weighted by Crippen LogP contribution is -2.44. The van der Waals surface area contributed by atoms with Gasteiger partial charge < -0.3 is 15.5 Å². The van der Waals surface area contributed by atoms with Crippen LogP contribution in [0.2, 0.25) is 0 Å². The zero-order chi connectivity index (χ0) is 12.7. The van der Waals surface area contributed by atoms with Crippen molar-refractivity contribution in [3.63, 3.8) is 0 Å². The molecule has 0 bridgehead atoms. The van der Waals surface area contributed by atoms with Crippen LogP contribution in [-0.4, -0.2) is 53.1 Å². The molecule has 18 heavy (non-hydrogen) atoms. The second-order valence-electron chi connectivity index (χ2n) is 4.32. The number of hydrogen-bond acceptors (Lipinski definition) is 7. The fraction of sp³-hybridized carbons (Fsp3) is 0.500. The van der Waals surface area contributed by atoms with Gasteiger partial charge in [0.15, 0.2) is 15.4 Å². The molecule has 1 aliphatic heterocycles.